The normalized spacial score (nSPS) is 10.2. The van der Waals surface area contributed by atoms with Crippen LogP contribution in [0.1, 0.15) is 25.8 Å². The van der Waals surface area contributed by atoms with Crippen LogP contribution >= 0.6 is 11.8 Å². The number of rotatable bonds is 7. The third-order valence-corrected chi connectivity index (χ3v) is 3.51. The second-order valence-corrected chi connectivity index (χ2v) is 5.72. The summed E-state index contributed by atoms with van der Waals surface area (Å²) in [5, 5.41) is 15.2. The lowest BCUT2D eigenvalue weighted by atomic mass is 10.2. The molecule has 0 radical (unpaired) electrons. The molecule has 0 atom stereocenters. The first-order valence-electron chi connectivity index (χ1n) is 6.66. The Morgan fingerprint density at radius 1 is 1.45 bits per heavy atom. The SMILES string of the molecule is CSc1cccc(NCCC(=O)NCC(C)C)c1C#N. The van der Waals surface area contributed by atoms with Crippen molar-refractivity contribution in [1.82, 2.24) is 5.32 Å². The number of carbonyl (C=O) groups excluding carboxylic acids is 1. The van der Waals surface area contributed by atoms with Gasteiger partial charge in [-0.15, -0.1) is 11.8 Å². The maximum atomic E-state index is 11.6. The lowest BCUT2D eigenvalue weighted by molar-refractivity contribution is -0.120. The Kier molecular flexibility index (Phi) is 6.96. The highest BCUT2D eigenvalue weighted by atomic mass is 32.2. The molecular formula is C15H21N3OS. The molecule has 4 nitrogen and oxygen atoms in total. The van der Waals surface area contributed by atoms with Crippen LogP contribution in [0.4, 0.5) is 5.69 Å². The van der Waals surface area contributed by atoms with E-state index >= 15 is 0 Å². The van der Waals surface area contributed by atoms with Crippen LogP contribution in [0.25, 0.3) is 0 Å². The van der Waals surface area contributed by atoms with Crippen molar-refractivity contribution in [2.45, 2.75) is 25.2 Å². The number of hydrogen-bond acceptors (Lipinski definition) is 4. The number of nitrogens with zero attached hydrogens (tertiary/aromatic N) is 1. The maximum absolute atomic E-state index is 11.6. The van der Waals surface area contributed by atoms with Gasteiger partial charge in [0, 0.05) is 24.4 Å². The number of carbonyl (C=O) groups is 1. The summed E-state index contributed by atoms with van der Waals surface area (Å²) >= 11 is 1.54. The Hall–Kier alpha value is -1.67. The first-order chi connectivity index (χ1) is 9.58. The van der Waals surface area contributed by atoms with Gasteiger partial charge in [0.05, 0.1) is 11.3 Å². The second kappa shape index (κ2) is 8.49. The quantitative estimate of drug-likeness (QED) is 0.758. The van der Waals surface area contributed by atoms with Crippen molar-refractivity contribution in [3.8, 4) is 6.07 Å². The molecule has 0 saturated carbocycles. The molecule has 0 unspecified atom stereocenters. The Labute approximate surface area is 124 Å². The van der Waals surface area contributed by atoms with Gasteiger partial charge in [0.1, 0.15) is 6.07 Å². The molecule has 0 aromatic heterocycles. The first kappa shape index (κ1) is 16.4. The average molecular weight is 291 g/mol. The van der Waals surface area contributed by atoms with Gasteiger partial charge in [0.25, 0.3) is 0 Å². The van der Waals surface area contributed by atoms with E-state index in [1.54, 1.807) is 11.8 Å². The molecule has 0 bridgehead atoms. The summed E-state index contributed by atoms with van der Waals surface area (Å²) in [6, 6.07) is 7.91. The lowest BCUT2D eigenvalue weighted by Crippen LogP contribution is -2.28. The van der Waals surface area contributed by atoms with Gasteiger partial charge in [-0.2, -0.15) is 5.26 Å². The van der Waals surface area contributed by atoms with E-state index in [2.05, 4.69) is 30.6 Å². The van der Waals surface area contributed by atoms with Crippen molar-refractivity contribution in [1.29, 1.82) is 5.26 Å². The third kappa shape index (κ3) is 5.14. The van der Waals surface area contributed by atoms with E-state index in [0.29, 0.717) is 31.0 Å². The third-order valence-electron chi connectivity index (χ3n) is 2.73. The highest BCUT2D eigenvalue weighted by Crippen LogP contribution is 2.26. The van der Waals surface area contributed by atoms with Crippen LogP contribution in [0.5, 0.6) is 0 Å². The molecule has 0 heterocycles. The van der Waals surface area contributed by atoms with Gasteiger partial charge >= 0.3 is 0 Å². The van der Waals surface area contributed by atoms with Crippen LogP contribution in [0.15, 0.2) is 23.1 Å². The summed E-state index contributed by atoms with van der Waals surface area (Å²) in [4.78, 5) is 12.5. The summed E-state index contributed by atoms with van der Waals surface area (Å²) < 4.78 is 0. The van der Waals surface area contributed by atoms with Gasteiger partial charge in [-0.3, -0.25) is 4.79 Å². The molecular weight excluding hydrogens is 270 g/mol. The predicted octanol–water partition coefficient (Wildman–Crippen LogP) is 2.85. The fourth-order valence-corrected chi connectivity index (χ4v) is 2.26. The smallest absolute Gasteiger partial charge is 0.221 e. The van der Waals surface area contributed by atoms with E-state index in [-0.39, 0.29) is 5.91 Å². The zero-order valence-corrected chi connectivity index (χ0v) is 13.0. The van der Waals surface area contributed by atoms with Gasteiger partial charge < -0.3 is 10.6 Å². The minimum Gasteiger partial charge on any atom is -0.383 e. The van der Waals surface area contributed by atoms with Gasteiger partial charge in [-0.25, -0.2) is 0 Å². The van der Waals surface area contributed by atoms with Gasteiger partial charge in [0.2, 0.25) is 5.91 Å². The molecule has 0 spiro atoms. The number of anilines is 1. The largest absolute Gasteiger partial charge is 0.383 e. The maximum Gasteiger partial charge on any atom is 0.221 e. The lowest BCUT2D eigenvalue weighted by Gasteiger charge is -2.11. The van der Waals surface area contributed by atoms with E-state index in [9.17, 15) is 10.1 Å². The molecule has 1 amide bonds. The van der Waals surface area contributed by atoms with Crippen LogP contribution in [0.3, 0.4) is 0 Å². The Morgan fingerprint density at radius 3 is 2.80 bits per heavy atom. The monoisotopic (exact) mass is 291 g/mol. The van der Waals surface area contributed by atoms with E-state index in [4.69, 9.17) is 0 Å². The molecule has 0 aliphatic carbocycles. The number of hydrogen-bond donors (Lipinski definition) is 2. The topological polar surface area (TPSA) is 64.9 Å². The molecule has 2 N–H and O–H groups in total. The Bertz CT molecular complexity index is 494. The molecule has 1 aromatic rings. The molecule has 0 fully saturated rings. The number of nitrogens with one attached hydrogen (secondary N) is 2. The molecule has 108 valence electrons. The Balaban J connectivity index is 2.50. The summed E-state index contributed by atoms with van der Waals surface area (Å²) in [6.45, 7) is 5.35. The van der Waals surface area contributed by atoms with Crippen LogP contribution in [-0.4, -0.2) is 25.3 Å². The van der Waals surface area contributed by atoms with Crippen molar-refractivity contribution in [3.05, 3.63) is 23.8 Å². The van der Waals surface area contributed by atoms with E-state index in [1.807, 2.05) is 24.5 Å². The molecule has 0 saturated heterocycles. The zero-order valence-electron chi connectivity index (χ0n) is 12.2. The summed E-state index contributed by atoms with van der Waals surface area (Å²) in [5.74, 6) is 0.487. The highest BCUT2D eigenvalue weighted by molar-refractivity contribution is 7.98. The van der Waals surface area contributed by atoms with Crippen molar-refractivity contribution in [2.24, 2.45) is 5.92 Å². The van der Waals surface area contributed by atoms with E-state index in [0.717, 1.165) is 10.6 Å². The van der Waals surface area contributed by atoms with Crippen molar-refractivity contribution < 1.29 is 4.79 Å². The molecule has 1 aromatic carbocycles. The van der Waals surface area contributed by atoms with Gasteiger partial charge in [-0.1, -0.05) is 19.9 Å². The Morgan fingerprint density at radius 2 is 2.20 bits per heavy atom. The summed E-state index contributed by atoms with van der Waals surface area (Å²) in [5.41, 5.74) is 1.43. The second-order valence-electron chi connectivity index (χ2n) is 4.87. The molecule has 0 aliphatic rings. The fourth-order valence-electron chi connectivity index (χ4n) is 1.68. The number of amides is 1. The summed E-state index contributed by atoms with van der Waals surface area (Å²) in [6.07, 6.45) is 2.35. The van der Waals surface area contributed by atoms with Gasteiger partial charge in [0.15, 0.2) is 0 Å². The van der Waals surface area contributed by atoms with Crippen LogP contribution in [0.2, 0.25) is 0 Å². The highest BCUT2D eigenvalue weighted by Gasteiger charge is 2.07. The molecule has 20 heavy (non-hydrogen) atoms. The average Bonchev–Trinajstić information content (AvgIpc) is 2.44. The standard InChI is InChI=1S/C15H21N3OS/c1-11(2)10-18-15(19)7-8-17-13-5-4-6-14(20-3)12(13)9-16/h4-6,11,17H,7-8,10H2,1-3H3,(H,18,19). The number of nitriles is 1. The van der Waals surface area contributed by atoms with Crippen molar-refractivity contribution in [2.75, 3.05) is 24.7 Å². The molecule has 0 aliphatic heterocycles. The zero-order chi connectivity index (χ0) is 15.0. The number of benzene rings is 1. The van der Waals surface area contributed by atoms with Crippen LogP contribution in [-0.2, 0) is 4.79 Å². The van der Waals surface area contributed by atoms with Crippen LogP contribution in [0, 0.1) is 17.2 Å². The summed E-state index contributed by atoms with van der Waals surface area (Å²) in [7, 11) is 0. The van der Waals surface area contributed by atoms with Crippen LogP contribution < -0.4 is 10.6 Å². The predicted molar refractivity (Wildman–Crippen MR) is 83.9 cm³/mol. The van der Waals surface area contributed by atoms with Gasteiger partial charge in [-0.05, 0) is 24.3 Å². The van der Waals surface area contributed by atoms with Crippen molar-refractivity contribution >= 4 is 23.4 Å². The number of thioether (sulfide) groups is 1. The minimum atomic E-state index is 0.0331. The molecule has 1 rings (SSSR count). The van der Waals surface area contributed by atoms with E-state index < -0.39 is 0 Å². The van der Waals surface area contributed by atoms with E-state index in [1.165, 1.54) is 0 Å². The minimum absolute atomic E-state index is 0.0331. The first-order valence-corrected chi connectivity index (χ1v) is 7.88. The van der Waals surface area contributed by atoms with Crippen molar-refractivity contribution in [3.63, 3.8) is 0 Å². The molecule has 5 heteroatoms. The fraction of sp³-hybridized carbons (Fsp3) is 0.467.